The Labute approximate surface area is 124 Å². The molecular formula is C14H22FN3OS. The third kappa shape index (κ3) is 7.35. The first-order valence-electron chi connectivity index (χ1n) is 6.58. The number of hydrogen-bond donors (Lipinski definition) is 2. The molecule has 0 aromatic heterocycles. The summed E-state index contributed by atoms with van der Waals surface area (Å²) in [7, 11) is 3.42. The van der Waals surface area contributed by atoms with Crippen molar-refractivity contribution < 1.29 is 9.13 Å². The lowest BCUT2D eigenvalue weighted by molar-refractivity contribution is 0.203. The fourth-order valence-electron chi connectivity index (χ4n) is 1.49. The fourth-order valence-corrected chi connectivity index (χ4v) is 2.34. The number of nitrogens with one attached hydrogen (secondary N) is 2. The van der Waals surface area contributed by atoms with Gasteiger partial charge in [0.15, 0.2) is 5.96 Å². The van der Waals surface area contributed by atoms with Crippen molar-refractivity contribution in [1.29, 1.82) is 0 Å². The Morgan fingerprint density at radius 2 is 1.95 bits per heavy atom. The maximum Gasteiger partial charge on any atom is 0.191 e. The van der Waals surface area contributed by atoms with Crippen LogP contribution in [-0.4, -0.2) is 45.6 Å². The van der Waals surface area contributed by atoms with Gasteiger partial charge in [0.25, 0.3) is 0 Å². The molecular weight excluding hydrogens is 277 g/mol. The Balaban J connectivity index is 2.10. The standard InChI is InChI=1S/C14H22FN3OS/c1-16-14(18-9-10-19-2)17-8-3-11-20-13-6-4-12(15)5-7-13/h4-7H,3,8-11H2,1-2H3,(H2,16,17,18). The van der Waals surface area contributed by atoms with Gasteiger partial charge >= 0.3 is 0 Å². The third-order valence-electron chi connectivity index (χ3n) is 2.52. The van der Waals surface area contributed by atoms with Crippen LogP contribution in [0, 0.1) is 5.82 Å². The average Bonchev–Trinajstić information content (AvgIpc) is 2.47. The normalized spacial score (nSPS) is 11.4. The molecule has 0 aliphatic rings. The van der Waals surface area contributed by atoms with Gasteiger partial charge in [0.1, 0.15) is 5.82 Å². The number of methoxy groups -OCH3 is 1. The van der Waals surface area contributed by atoms with Crippen LogP contribution in [0.3, 0.4) is 0 Å². The summed E-state index contributed by atoms with van der Waals surface area (Å²) in [5.74, 6) is 1.57. The molecule has 0 amide bonds. The van der Waals surface area contributed by atoms with Crippen molar-refractivity contribution in [3.63, 3.8) is 0 Å². The molecule has 0 aliphatic carbocycles. The van der Waals surface area contributed by atoms with E-state index in [0.29, 0.717) is 6.61 Å². The molecule has 112 valence electrons. The minimum atomic E-state index is -0.193. The SMILES string of the molecule is CN=C(NCCCSc1ccc(F)cc1)NCCOC. The molecule has 0 radical (unpaired) electrons. The van der Waals surface area contributed by atoms with Crippen LogP contribution in [0.25, 0.3) is 0 Å². The molecule has 0 saturated heterocycles. The Morgan fingerprint density at radius 3 is 2.60 bits per heavy atom. The number of benzene rings is 1. The lowest BCUT2D eigenvalue weighted by Gasteiger charge is -2.11. The number of hydrogen-bond acceptors (Lipinski definition) is 3. The molecule has 0 fully saturated rings. The van der Waals surface area contributed by atoms with Crippen molar-refractivity contribution in [2.45, 2.75) is 11.3 Å². The van der Waals surface area contributed by atoms with Gasteiger partial charge in [0.2, 0.25) is 0 Å². The molecule has 1 aromatic rings. The average molecular weight is 299 g/mol. The smallest absolute Gasteiger partial charge is 0.191 e. The van der Waals surface area contributed by atoms with E-state index >= 15 is 0 Å². The van der Waals surface area contributed by atoms with Crippen LogP contribution in [-0.2, 0) is 4.74 Å². The summed E-state index contributed by atoms with van der Waals surface area (Å²) < 4.78 is 17.7. The summed E-state index contributed by atoms with van der Waals surface area (Å²) in [6.07, 6.45) is 1.01. The first-order chi connectivity index (χ1) is 9.76. The molecule has 0 bridgehead atoms. The number of halogens is 1. The van der Waals surface area contributed by atoms with Gasteiger partial charge in [-0.25, -0.2) is 4.39 Å². The zero-order chi connectivity index (χ0) is 14.6. The zero-order valence-electron chi connectivity index (χ0n) is 12.0. The second-order valence-corrected chi connectivity index (χ2v) is 5.24. The van der Waals surface area contributed by atoms with E-state index in [0.717, 1.165) is 36.1 Å². The van der Waals surface area contributed by atoms with Gasteiger partial charge in [-0.2, -0.15) is 0 Å². The molecule has 1 aromatic carbocycles. The first kappa shape index (κ1) is 16.8. The first-order valence-corrected chi connectivity index (χ1v) is 7.56. The molecule has 20 heavy (non-hydrogen) atoms. The Bertz CT molecular complexity index is 398. The summed E-state index contributed by atoms with van der Waals surface area (Å²) in [4.78, 5) is 5.21. The van der Waals surface area contributed by atoms with Crippen LogP contribution in [0.2, 0.25) is 0 Å². The Morgan fingerprint density at radius 1 is 1.25 bits per heavy atom. The summed E-state index contributed by atoms with van der Waals surface area (Å²) in [6, 6.07) is 6.58. The summed E-state index contributed by atoms with van der Waals surface area (Å²) in [5, 5.41) is 6.38. The quantitative estimate of drug-likeness (QED) is 0.334. The Kier molecular flexibility index (Phi) is 8.82. The molecule has 0 saturated carbocycles. The van der Waals surface area contributed by atoms with Gasteiger partial charge in [-0.1, -0.05) is 0 Å². The monoisotopic (exact) mass is 299 g/mol. The van der Waals surface area contributed by atoms with Crippen LogP contribution < -0.4 is 10.6 Å². The second-order valence-electron chi connectivity index (χ2n) is 4.07. The second kappa shape index (κ2) is 10.5. The van der Waals surface area contributed by atoms with Gasteiger partial charge in [-0.3, -0.25) is 4.99 Å². The fraction of sp³-hybridized carbons (Fsp3) is 0.500. The number of guanidine groups is 1. The van der Waals surface area contributed by atoms with Crippen molar-refractivity contribution in [3.8, 4) is 0 Å². The van der Waals surface area contributed by atoms with Crippen LogP contribution in [0.1, 0.15) is 6.42 Å². The topological polar surface area (TPSA) is 45.7 Å². The zero-order valence-corrected chi connectivity index (χ0v) is 12.8. The van der Waals surface area contributed by atoms with Crippen molar-refractivity contribution in [2.24, 2.45) is 4.99 Å². The molecule has 0 unspecified atom stereocenters. The third-order valence-corrected chi connectivity index (χ3v) is 3.62. The highest BCUT2D eigenvalue weighted by Gasteiger charge is 1.97. The highest BCUT2D eigenvalue weighted by molar-refractivity contribution is 7.99. The van der Waals surface area contributed by atoms with E-state index in [-0.39, 0.29) is 5.82 Å². The van der Waals surface area contributed by atoms with Gasteiger partial charge in [0, 0.05) is 32.1 Å². The highest BCUT2D eigenvalue weighted by Crippen LogP contribution is 2.18. The molecule has 4 nitrogen and oxygen atoms in total. The van der Waals surface area contributed by atoms with Crippen molar-refractivity contribution in [2.75, 3.05) is 39.6 Å². The van der Waals surface area contributed by atoms with E-state index in [1.807, 2.05) is 0 Å². The molecule has 2 N–H and O–H groups in total. The van der Waals surface area contributed by atoms with Crippen LogP contribution in [0.5, 0.6) is 0 Å². The van der Waals surface area contributed by atoms with Crippen LogP contribution >= 0.6 is 11.8 Å². The largest absolute Gasteiger partial charge is 0.383 e. The number of thioether (sulfide) groups is 1. The van der Waals surface area contributed by atoms with E-state index in [4.69, 9.17) is 4.74 Å². The van der Waals surface area contributed by atoms with Crippen molar-refractivity contribution in [3.05, 3.63) is 30.1 Å². The molecule has 1 rings (SSSR count). The number of rotatable bonds is 8. The maximum atomic E-state index is 12.7. The molecule has 6 heteroatoms. The predicted molar refractivity (Wildman–Crippen MR) is 83.0 cm³/mol. The van der Waals surface area contributed by atoms with E-state index in [2.05, 4.69) is 15.6 Å². The number of nitrogens with zero attached hydrogens (tertiary/aromatic N) is 1. The van der Waals surface area contributed by atoms with E-state index < -0.39 is 0 Å². The number of ether oxygens (including phenoxy) is 1. The highest BCUT2D eigenvalue weighted by atomic mass is 32.2. The van der Waals surface area contributed by atoms with E-state index in [1.165, 1.54) is 12.1 Å². The van der Waals surface area contributed by atoms with E-state index in [9.17, 15) is 4.39 Å². The number of aliphatic imine (C=N–C) groups is 1. The minimum Gasteiger partial charge on any atom is -0.383 e. The summed E-state index contributed by atoms with van der Waals surface area (Å²) in [5.41, 5.74) is 0. The summed E-state index contributed by atoms with van der Waals surface area (Å²) >= 11 is 1.72. The van der Waals surface area contributed by atoms with Crippen molar-refractivity contribution >= 4 is 17.7 Å². The minimum absolute atomic E-state index is 0.193. The van der Waals surface area contributed by atoms with Gasteiger partial charge in [-0.05, 0) is 36.4 Å². The van der Waals surface area contributed by atoms with Crippen LogP contribution in [0.4, 0.5) is 4.39 Å². The lowest BCUT2D eigenvalue weighted by atomic mass is 10.4. The molecule has 0 heterocycles. The predicted octanol–water partition coefficient (Wildman–Crippen LogP) is 2.12. The Hall–Kier alpha value is -1.27. The molecule has 0 spiro atoms. The van der Waals surface area contributed by atoms with Crippen LogP contribution in [0.15, 0.2) is 34.2 Å². The summed E-state index contributed by atoms with van der Waals surface area (Å²) in [6.45, 7) is 2.24. The molecule has 0 aliphatic heterocycles. The van der Waals surface area contributed by atoms with Gasteiger partial charge < -0.3 is 15.4 Å². The van der Waals surface area contributed by atoms with E-state index in [1.54, 1.807) is 38.1 Å². The van der Waals surface area contributed by atoms with Crippen molar-refractivity contribution in [1.82, 2.24) is 10.6 Å². The van der Waals surface area contributed by atoms with Gasteiger partial charge in [0.05, 0.1) is 6.61 Å². The molecule has 0 atom stereocenters. The van der Waals surface area contributed by atoms with Gasteiger partial charge in [-0.15, -0.1) is 11.8 Å². The maximum absolute atomic E-state index is 12.7. The lowest BCUT2D eigenvalue weighted by Crippen LogP contribution is -2.39.